The van der Waals surface area contributed by atoms with E-state index in [9.17, 15) is 4.79 Å². The molecule has 208 valence electrons. The van der Waals surface area contributed by atoms with E-state index in [0.29, 0.717) is 37.6 Å². The Balaban J connectivity index is 0.00000147. The summed E-state index contributed by atoms with van der Waals surface area (Å²) in [5, 5.41) is 0.889. The van der Waals surface area contributed by atoms with Crippen LogP contribution in [0.4, 0.5) is 5.69 Å². The molecule has 10 heteroatoms. The van der Waals surface area contributed by atoms with E-state index < -0.39 is 0 Å². The zero-order valence-electron chi connectivity index (χ0n) is 21.8. The molecule has 0 saturated carbocycles. The third kappa shape index (κ3) is 6.17. The van der Waals surface area contributed by atoms with Gasteiger partial charge in [-0.15, -0.1) is 37.2 Å². The lowest BCUT2D eigenvalue weighted by atomic mass is 10.0. The Bertz CT molecular complexity index is 1560. The fourth-order valence-electron chi connectivity index (χ4n) is 4.97. The van der Waals surface area contributed by atoms with Crippen LogP contribution >= 0.6 is 37.2 Å². The highest BCUT2D eigenvalue weighted by atomic mass is 35.5. The van der Waals surface area contributed by atoms with Crippen LogP contribution in [0.1, 0.15) is 21.7 Å². The molecule has 6 rings (SSSR count). The number of fused-ring (bicyclic) bond motifs is 2. The van der Waals surface area contributed by atoms with Gasteiger partial charge in [0.15, 0.2) is 0 Å². The summed E-state index contributed by atoms with van der Waals surface area (Å²) in [5.41, 5.74) is 6.56. The molecule has 0 radical (unpaired) electrons. The smallest absolute Gasteiger partial charge is 0.272 e. The van der Waals surface area contributed by atoms with Gasteiger partial charge in [0.1, 0.15) is 11.4 Å². The lowest BCUT2D eigenvalue weighted by Crippen LogP contribution is -2.35. The Labute approximate surface area is 251 Å². The van der Waals surface area contributed by atoms with E-state index in [-0.39, 0.29) is 43.1 Å². The molecule has 0 atom stereocenters. The van der Waals surface area contributed by atoms with Crippen LogP contribution in [0.5, 0.6) is 5.75 Å². The van der Waals surface area contributed by atoms with E-state index in [1.54, 1.807) is 19.5 Å². The normalized spacial score (nSPS) is 12.3. The summed E-state index contributed by atoms with van der Waals surface area (Å²) in [6.07, 6.45) is 3.61. The second-order valence-electron chi connectivity index (χ2n) is 9.15. The summed E-state index contributed by atoms with van der Waals surface area (Å²) in [4.78, 5) is 30.2. The van der Waals surface area contributed by atoms with Crippen LogP contribution in [0, 0.1) is 0 Å². The Morgan fingerprint density at radius 1 is 0.925 bits per heavy atom. The average Bonchev–Trinajstić information content (AvgIpc) is 3.40. The molecule has 7 nitrogen and oxygen atoms in total. The number of aromatic amines is 1. The first-order chi connectivity index (χ1) is 18.2. The van der Waals surface area contributed by atoms with E-state index in [2.05, 4.69) is 45.2 Å². The first-order valence-corrected chi connectivity index (χ1v) is 12.3. The van der Waals surface area contributed by atoms with Gasteiger partial charge in [0.25, 0.3) is 5.91 Å². The van der Waals surface area contributed by atoms with Crippen molar-refractivity contribution in [2.45, 2.75) is 13.1 Å². The maximum atomic E-state index is 13.8. The molecule has 3 aromatic carbocycles. The summed E-state index contributed by atoms with van der Waals surface area (Å²) in [5.74, 6) is 0.539. The van der Waals surface area contributed by atoms with Crippen molar-refractivity contribution in [3.63, 3.8) is 0 Å². The number of pyridine rings is 1. The monoisotopic (exact) mass is 597 g/mol. The van der Waals surface area contributed by atoms with Crippen molar-refractivity contribution in [2.75, 3.05) is 25.1 Å². The van der Waals surface area contributed by atoms with Gasteiger partial charge >= 0.3 is 0 Å². The molecule has 0 unspecified atom stereocenters. The number of ether oxygens (including phenoxy) is 1. The quantitative estimate of drug-likeness (QED) is 0.248. The Morgan fingerprint density at radius 2 is 1.70 bits per heavy atom. The molecule has 0 bridgehead atoms. The van der Waals surface area contributed by atoms with Gasteiger partial charge in [-0.1, -0.05) is 48.5 Å². The molecule has 3 heterocycles. The highest BCUT2D eigenvalue weighted by Gasteiger charge is 2.26. The predicted molar refractivity (Wildman–Crippen MR) is 166 cm³/mol. The summed E-state index contributed by atoms with van der Waals surface area (Å²) in [6.45, 7) is 2.39. The number of amides is 1. The lowest BCUT2D eigenvalue weighted by molar-refractivity contribution is 0.0745. The fraction of sp³-hybridized carbons (Fsp3) is 0.167. The first kappa shape index (κ1) is 30.8. The number of carbonyl (C=O) groups excluding carboxylic acids is 1. The molecule has 0 aliphatic carbocycles. The van der Waals surface area contributed by atoms with Gasteiger partial charge in [0.2, 0.25) is 0 Å². The highest BCUT2D eigenvalue weighted by molar-refractivity contribution is 5.97. The van der Waals surface area contributed by atoms with Gasteiger partial charge < -0.3 is 19.5 Å². The molecule has 5 aromatic rings. The third-order valence-corrected chi connectivity index (χ3v) is 6.84. The van der Waals surface area contributed by atoms with Crippen LogP contribution in [-0.2, 0) is 13.1 Å². The highest BCUT2D eigenvalue weighted by Crippen LogP contribution is 2.32. The number of benzene rings is 3. The summed E-state index contributed by atoms with van der Waals surface area (Å²) in [7, 11) is 1.62. The number of hydrogen-bond donors (Lipinski definition) is 1. The van der Waals surface area contributed by atoms with E-state index in [1.807, 2.05) is 53.6 Å². The number of nitrogens with one attached hydrogen (secondary N) is 1. The van der Waals surface area contributed by atoms with Crippen molar-refractivity contribution in [1.82, 2.24) is 19.9 Å². The fourth-order valence-corrected chi connectivity index (χ4v) is 4.97. The van der Waals surface area contributed by atoms with Crippen LogP contribution in [-0.4, -0.2) is 46.0 Å². The standard InChI is InChI=1S/C30H27N5O2.3ClH/c1-37-29-16-27(33-26-10-6-5-9-25(26)29)30(36)35-14-13-34(19-24-17-31-20-32-24)28-12-11-22(15-23(28)18-35)21-7-3-2-4-8-21;;;/h2-12,15-17,20H,13-14,18-19H2,1H3,(H,31,32);3*1H. The molecular formula is C30H30Cl3N5O2. The van der Waals surface area contributed by atoms with Crippen molar-refractivity contribution < 1.29 is 9.53 Å². The van der Waals surface area contributed by atoms with Crippen molar-refractivity contribution in [1.29, 1.82) is 0 Å². The minimum atomic E-state index is -0.110. The van der Waals surface area contributed by atoms with Crippen molar-refractivity contribution in [2.24, 2.45) is 0 Å². The number of carbonyl (C=O) groups is 1. The molecule has 0 saturated heterocycles. The first-order valence-electron chi connectivity index (χ1n) is 12.3. The maximum absolute atomic E-state index is 13.8. The molecule has 1 aliphatic heterocycles. The van der Waals surface area contributed by atoms with Gasteiger partial charge in [0.05, 0.1) is 31.2 Å². The average molecular weight is 599 g/mol. The summed E-state index contributed by atoms with van der Waals surface area (Å²) >= 11 is 0. The number of imidazole rings is 1. The van der Waals surface area contributed by atoms with Crippen LogP contribution in [0.25, 0.3) is 22.0 Å². The van der Waals surface area contributed by atoms with Crippen LogP contribution in [0.3, 0.4) is 0 Å². The molecule has 40 heavy (non-hydrogen) atoms. The van der Waals surface area contributed by atoms with Crippen LogP contribution < -0.4 is 9.64 Å². The number of para-hydroxylation sites is 1. The Hall–Kier alpha value is -3.78. The third-order valence-electron chi connectivity index (χ3n) is 6.84. The number of halogens is 3. The zero-order valence-corrected chi connectivity index (χ0v) is 24.3. The van der Waals surface area contributed by atoms with Crippen molar-refractivity contribution in [3.8, 4) is 16.9 Å². The second-order valence-corrected chi connectivity index (χ2v) is 9.15. The van der Waals surface area contributed by atoms with E-state index in [0.717, 1.165) is 39.0 Å². The van der Waals surface area contributed by atoms with Gasteiger partial charge in [-0.05, 0) is 41.0 Å². The number of anilines is 1. The summed E-state index contributed by atoms with van der Waals surface area (Å²) in [6, 6.07) is 26.3. The van der Waals surface area contributed by atoms with Crippen LogP contribution in [0.2, 0.25) is 0 Å². The minimum absolute atomic E-state index is 0. The molecule has 1 aliphatic rings. The van der Waals surface area contributed by atoms with Crippen LogP contribution in [0.15, 0.2) is 91.4 Å². The second kappa shape index (κ2) is 13.5. The Kier molecular flexibility index (Phi) is 10.4. The van der Waals surface area contributed by atoms with Gasteiger partial charge in [-0.25, -0.2) is 9.97 Å². The van der Waals surface area contributed by atoms with E-state index in [1.165, 1.54) is 0 Å². The number of nitrogens with zero attached hydrogens (tertiary/aromatic N) is 4. The lowest BCUT2D eigenvalue weighted by Gasteiger charge is -2.24. The molecule has 0 fully saturated rings. The minimum Gasteiger partial charge on any atom is -0.496 e. The largest absolute Gasteiger partial charge is 0.496 e. The van der Waals surface area contributed by atoms with E-state index >= 15 is 0 Å². The molecule has 0 spiro atoms. The number of hydrogen-bond acceptors (Lipinski definition) is 5. The number of H-pyrrole nitrogens is 1. The Morgan fingerprint density at radius 3 is 2.45 bits per heavy atom. The van der Waals surface area contributed by atoms with E-state index in [4.69, 9.17) is 9.72 Å². The maximum Gasteiger partial charge on any atom is 0.272 e. The van der Waals surface area contributed by atoms with Crippen molar-refractivity contribution in [3.05, 3.63) is 108 Å². The molecular weight excluding hydrogens is 569 g/mol. The number of rotatable bonds is 5. The zero-order chi connectivity index (χ0) is 25.2. The molecule has 1 N–H and O–H groups in total. The number of methoxy groups -OCH3 is 1. The molecule has 1 amide bonds. The van der Waals surface area contributed by atoms with Gasteiger partial charge in [-0.3, -0.25) is 4.79 Å². The molecule has 2 aromatic heterocycles. The predicted octanol–water partition coefficient (Wildman–Crippen LogP) is 6.56. The SMILES string of the molecule is COc1cc(C(=O)N2CCN(Cc3c[nH]cn3)c3ccc(-c4ccccc4)cc3C2)nc2ccccc12.Cl.Cl.Cl. The summed E-state index contributed by atoms with van der Waals surface area (Å²) < 4.78 is 5.60. The number of aromatic nitrogens is 3. The van der Waals surface area contributed by atoms with Gasteiger partial charge in [-0.2, -0.15) is 0 Å². The van der Waals surface area contributed by atoms with Crippen molar-refractivity contribution >= 4 is 59.7 Å². The topological polar surface area (TPSA) is 74.3 Å². The van der Waals surface area contributed by atoms with Gasteiger partial charge in [0, 0.05) is 43.0 Å².